The van der Waals surface area contributed by atoms with Gasteiger partial charge in [-0.1, -0.05) is 0 Å². The molecule has 0 radical (unpaired) electrons. The number of nitrogens with zero attached hydrogens (tertiary/aromatic N) is 1. The highest BCUT2D eigenvalue weighted by Gasteiger charge is 2.19. The summed E-state index contributed by atoms with van der Waals surface area (Å²) in [7, 11) is 1.03. The molecule has 2 aromatic carbocycles. The first-order chi connectivity index (χ1) is 11.8. The normalized spacial score (nSPS) is 10.0. The third kappa shape index (κ3) is 4.25. The Hall–Kier alpha value is -3.56. The number of hydrogen-bond acceptors (Lipinski definition) is 6. The monoisotopic (exact) mass is 352 g/mol. The Morgan fingerprint density at radius 1 is 1.12 bits per heavy atom. The van der Waals surface area contributed by atoms with Crippen molar-refractivity contribution in [3.05, 3.63) is 63.7 Å². The molecule has 0 atom stereocenters. The van der Waals surface area contributed by atoms with Crippen LogP contribution in [0.4, 0.5) is 25.0 Å². The van der Waals surface area contributed by atoms with E-state index in [1.165, 1.54) is 12.1 Å². The third-order valence-corrected chi connectivity index (χ3v) is 2.96. The molecular formula is C15H10F2N2O6. The van der Waals surface area contributed by atoms with Crippen LogP contribution in [-0.4, -0.2) is 24.1 Å². The van der Waals surface area contributed by atoms with E-state index in [1.54, 1.807) is 0 Å². The van der Waals surface area contributed by atoms with Crippen molar-refractivity contribution in [3.63, 3.8) is 0 Å². The maximum absolute atomic E-state index is 13.3. The maximum Gasteiger partial charge on any atom is 0.417 e. The summed E-state index contributed by atoms with van der Waals surface area (Å²) in [5.74, 6) is -3.62. The Balaban J connectivity index is 2.18. The fourth-order valence-corrected chi connectivity index (χ4v) is 1.81. The molecule has 2 rings (SSSR count). The van der Waals surface area contributed by atoms with E-state index in [0.717, 1.165) is 19.2 Å². The van der Waals surface area contributed by atoms with Gasteiger partial charge in [-0.25, -0.2) is 18.4 Å². The van der Waals surface area contributed by atoms with Crippen LogP contribution in [0.3, 0.4) is 0 Å². The Morgan fingerprint density at radius 3 is 2.28 bits per heavy atom. The van der Waals surface area contributed by atoms with Crippen molar-refractivity contribution in [2.24, 2.45) is 0 Å². The minimum Gasteiger partial charge on any atom is -0.465 e. The largest absolute Gasteiger partial charge is 0.465 e. The number of anilines is 1. The lowest BCUT2D eigenvalue weighted by molar-refractivity contribution is -0.384. The average molecular weight is 352 g/mol. The molecule has 1 N–H and O–H groups in total. The van der Waals surface area contributed by atoms with Crippen LogP contribution in [0.15, 0.2) is 36.4 Å². The van der Waals surface area contributed by atoms with Gasteiger partial charge in [-0.3, -0.25) is 15.4 Å². The zero-order chi connectivity index (χ0) is 18.6. The summed E-state index contributed by atoms with van der Waals surface area (Å²) in [4.78, 5) is 33.3. The molecule has 0 fully saturated rings. The summed E-state index contributed by atoms with van der Waals surface area (Å²) in [6.45, 7) is 0. The summed E-state index contributed by atoms with van der Waals surface area (Å²) in [5, 5.41) is 12.6. The van der Waals surface area contributed by atoms with E-state index in [-0.39, 0.29) is 17.1 Å². The molecule has 0 aliphatic heterocycles. The molecule has 0 heterocycles. The predicted octanol–water partition coefficient (Wildman–Crippen LogP) is 3.27. The van der Waals surface area contributed by atoms with Crippen LogP contribution in [0.1, 0.15) is 10.4 Å². The SMILES string of the molecule is COC(=O)c1cc(F)c(F)cc1NC(=O)Oc1ccc([N+](=O)[O-])cc1. The number of ether oxygens (including phenoxy) is 2. The summed E-state index contributed by atoms with van der Waals surface area (Å²) in [6.07, 6.45) is -1.12. The van der Waals surface area contributed by atoms with Crippen molar-refractivity contribution in [2.45, 2.75) is 0 Å². The molecule has 8 nitrogen and oxygen atoms in total. The van der Waals surface area contributed by atoms with Crippen molar-refractivity contribution in [1.29, 1.82) is 0 Å². The number of halogens is 2. The van der Waals surface area contributed by atoms with Crippen LogP contribution in [-0.2, 0) is 4.74 Å². The van der Waals surface area contributed by atoms with E-state index in [0.29, 0.717) is 12.1 Å². The van der Waals surface area contributed by atoms with E-state index < -0.39 is 34.2 Å². The van der Waals surface area contributed by atoms with Crippen molar-refractivity contribution < 1.29 is 32.8 Å². The number of amides is 1. The fraction of sp³-hybridized carbons (Fsp3) is 0.0667. The predicted molar refractivity (Wildman–Crippen MR) is 80.4 cm³/mol. The number of esters is 1. The van der Waals surface area contributed by atoms with Gasteiger partial charge in [-0.2, -0.15) is 0 Å². The number of nitro benzene ring substituents is 1. The first-order valence-electron chi connectivity index (χ1n) is 6.62. The molecule has 1 amide bonds. The molecule has 0 saturated heterocycles. The maximum atomic E-state index is 13.3. The van der Waals surface area contributed by atoms with Gasteiger partial charge in [0.25, 0.3) is 5.69 Å². The molecule has 0 saturated carbocycles. The van der Waals surface area contributed by atoms with Crippen LogP contribution >= 0.6 is 0 Å². The Labute approximate surface area is 139 Å². The number of methoxy groups -OCH3 is 1. The quantitative estimate of drug-likeness (QED) is 0.514. The van der Waals surface area contributed by atoms with Crippen LogP contribution < -0.4 is 10.1 Å². The molecule has 0 bridgehead atoms. The zero-order valence-electron chi connectivity index (χ0n) is 12.6. The molecule has 2 aromatic rings. The Morgan fingerprint density at radius 2 is 1.72 bits per heavy atom. The zero-order valence-corrected chi connectivity index (χ0v) is 12.6. The van der Waals surface area contributed by atoms with E-state index in [9.17, 15) is 28.5 Å². The number of nitrogens with one attached hydrogen (secondary N) is 1. The number of benzene rings is 2. The molecule has 0 unspecified atom stereocenters. The molecule has 130 valence electrons. The summed E-state index contributed by atoms with van der Waals surface area (Å²) >= 11 is 0. The van der Waals surface area contributed by atoms with E-state index >= 15 is 0 Å². The number of non-ortho nitro benzene ring substituents is 1. The topological polar surface area (TPSA) is 108 Å². The lowest BCUT2D eigenvalue weighted by Crippen LogP contribution is -2.19. The van der Waals surface area contributed by atoms with Gasteiger partial charge in [0.15, 0.2) is 11.6 Å². The minimum atomic E-state index is -1.30. The van der Waals surface area contributed by atoms with Crippen molar-refractivity contribution >= 4 is 23.4 Å². The highest BCUT2D eigenvalue weighted by molar-refractivity contribution is 6.00. The van der Waals surface area contributed by atoms with Gasteiger partial charge in [-0.15, -0.1) is 0 Å². The van der Waals surface area contributed by atoms with Crippen molar-refractivity contribution in [1.82, 2.24) is 0 Å². The van der Waals surface area contributed by atoms with Crippen LogP contribution in [0.25, 0.3) is 0 Å². The molecular weight excluding hydrogens is 342 g/mol. The number of carbonyl (C=O) groups excluding carboxylic acids is 2. The second-order valence-corrected chi connectivity index (χ2v) is 4.57. The second kappa shape index (κ2) is 7.34. The standard InChI is InChI=1S/C15H10F2N2O6/c1-24-14(20)10-6-11(16)12(17)7-13(10)18-15(21)25-9-4-2-8(3-5-9)19(22)23/h2-7H,1H3,(H,18,21). The highest BCUT2D eigenvalue weighted by atomic mass is 19.2. The minimum absolute atomic E-state index is 0.0368. The second-order valence-electron chi connectivity index (χ2n) is 4.57. The molecule has 25 heavy (non-hydrogen) atoms. The van der Waals surface area contributed by atoms with Crippen LogP contribution in [0, 0.1) is 21.7 Å². The smallest absolute Gasteiger partial charge is 0.417 e. The van der Waals surface area contributed by atoms with E-state index in [2.05, 4.69) is 10.1 Å². The highest BCUT2D eigenvalue weighted by Crippen LogP contribution is 2.22. The first kappa shape index (κ1) is 17.8. The van der Waals surface area contributed by atoms with E-state index in [4.69, 9.17) is 4.74 Å². The van der Waals surface area contributed by atoms with Gasteiger partial charge in [-0.05, 0) is 18.2 Å². The first-order valence-corrected chi connectivity index (χ1v) is 6.62. The van der Waals surface area contributed by atoms with Gasteiger partial charge in [0.05, 0.1) is 23.3 Å². The van der Waals surface area contributed by atoms with Gasteiger partial charge < -0.3 is 9.47 Å². The summed E-state index contributed by atoms with van der Waals surface area (Å²) in [5.41, 5.74) is -0.985. The molecule has 10 heteroatoms. The fourth-order valence-electron chi connectivity index (χ4n) is 1.81. The summed E-state index contributed by atoms with van der Waals surface area (Å²) < 4.78 is 35.9. The van der Waals surface area contributed by atoms with Gasteiger partial charge in [0.1, 0.15) is 5.75 Å². The lowest BCUT2D eigenvalue weighted by atomic mass is 10.1. The number of carbonyl (C=O) groups is 2. The summed E-state index contributed by atoms with van der Waals surface area (Å²) in [6, 6.07) is 5.73. The van der Waals surface area contributed by atoms with Crippen molar-refractivity contribution in [2.75, 3.05) is 12.4 Å². The molecule has 0 aromatic heterocycles. The van der Waals surface area contributed by atoms with Crippen LogP contribution in [0.2, 0.25) is 0 Å². The number of rotatable bonds is 4. The molecule has 0 aliphatic carbocycles. The average Bonchev–Trinajstić information content (AvgIpc) is 2.57. The van der Waals surface area contributed by atoms with Crippen LogP contribution in [0.5, 0.6) is 5.75 Å². The lowest BCUT2D eigenvalue weighted by Gasteiger charge is -2.10. The van der Waals surface area contributed by atoms with E-state index in [1.807, 2.05) is 0 Å². The molecule has 0 spiro atoms. The third-order valence-electron chi connectivity index (χ3n) is 2.96. The van der Waals surface area contributed by atoms with Gasteiger partial charge >= 0.3 is 12.1 Å². The van der Waals surface area contributed by atoms with Gasteiger partial charge in [0, 0.05) is 18.2 Å². The Bertz CT molecular complexity index is 839. The molecule has 0 aliphatic rings. The van der Waals surface area contributed by atoms with Gasteiger partial charge in [0.2, 0.25) is 0 Å². The van der Waals surface area contributed by atoms with Crippen molar-refractivity contribution in [3.8, 4) is 5.75 Å². The Kier molecular flexibility index (Phi) is 5.22. The number of hydrogen-bond donors (Lipinski definition) is 1. The number of nitro groups is 1.